The van der Waals surface area contributed by atoms with Gasteiger partial charge in [0.05, 0.1) is 7.11 Å². The van der Waals surface area contributed by atoms with E-state index >= 15 is 0 Å². The molecule has 1 atom stereocenters. The van der Waals surface area contributed by atoms with Crippen molar-refractivity contribution in [2.24, 2.45) is 0 Å². The van der Waals surface area contributed by atoms with Crippen molar-refractivity contribution in [2.45, 2.75) is 0 Å². The van der Waals surface area contributed by atoms with Crippen LogP contribution < -0.4 is 4.72 Å². The number of esters is 1. The number of nitrogens with one attached hydrogen (secondary N) is 1. The van der Waals surface area contributed by atoms with Crippen LogP contribution in [0.4, 0.5) is 0 Å². The summed E-state index contributed by atoms with van der Waals surface area (Å²) < 4.78 is 27.3. The van der Waals surface area contributed by atoms with Gasteiger partial charge in [0.1, 0.15) is 5.70 Å². The van der Waals surface area contributed by atoms with Crippen LogP contribution in [0, 0.1) is 0 Å². The molecular weight excluding hydrogens is 230 g/mol. The van der Waals surface area contributed by atoms with Crippen molar-refractivity contribution >= 4 is 23.3 Å². The maximum Gasteiger partial charge on any atom is 0.355 e. The number of carbonyl (C=O) groups excluding carboxylic acids is 1. The van der Waals surface area contributed by atoms with Gasteiger partial charge in [0.25, 0.3) is 0 Å². The monoisotopic (exact) mass is 240 g/mol. The Balaban J connectivity index is 2.96. The average molecular weight is 240 g/mol. The standard InChI is InChI=1S/C10H11NO4S/c1-15-10(12)9(11-16(13)14)7-8-5-3-2-4-6-8/h2-7,11H,1H3,(H,13,14)/p-1. The fourth-order valence-electron chi connectivity index (χ4n) is 1.05. The fraction of sp³-hybridized carbons (Fsp3) is 0.100. The third-order valence-corrected chi connectivity index (χ3v) is 2.10. The zero-order valence-corrected chi connectivity index (χ0v) is 9.32. The van der Waals surface area contributed by atoms with Crippen molar-refractivity contribution in [3.63, 3.8) is 0 Å². The summed E-state index contributed by atoms with van der Waals surface area (Å²) in [5.41, 5.74) is 0.558. The molecule has 5 nitrogen and oxygen atoms in total. The Morgan fingerprint density at radius 3 is 2.56 bits per heavy atom. The molecule has 0 amide bonds. The number of hydrogen-bond donors (Lipinski definition) is 1. The molecule has 0 spiro atoms. The van der Waals surface area contributed by atoms with E-state index in [9.17, 15) is 13.6 Å². The molecule has 0 heterocycles. The van der Waals surface area contributed by atoms with Gasteiger partial charge in [-0.25, -0.2) is 4.79 Å². The molecule has 0 aliphatic heterocycles. The lowest BCUT2D eigenvalue weighted by atomic mass is 10.2. The highest BCUT2D eigenvalue weighted by atomic mass is 32.2. The molecule has 86 valence electrons. The largest absolute Gasteiger partial charge is 0.755 e. The molecule has 0 radical (unpaired) electrons. The van der Waals surface area contributed by atoms with Crippen molar-refractivity contribution in [1.82, 2.24) is 4.72 Å². The molecule has 1 rings (SSSR count). The van der Waals surface area contributed by atoms with Crippen LogP contribution in [0.25, 0.3) is 6.08 Å². The number of benzene rings is 1. The fourth-order valence-corrected chi connectivity index (χ4v) is 1.37. The molecule has 0 aliphatic carbocycles. The topological polar surface area (TPSA) is 78.5 Å². The van der Waals surface area contributed by atoms with Crippen LogP contribution >= 0.6 is 0 Å². The Labute approximate surface area is 95.5 Å². The summed E-state index contributed by atoms with van der Waals surface area (Å²) in [5, 5.41) is 0. The van der Waals surface area contributed by atoms with Crippen molar-refractivity contribution in [3.8, 4) is 0 Å². The van der Waals surface area contributed by atoms with Crippen LogP contribution in [0.3, 0.4) is 0 Å². The Morgan fingerprint density at radius 1 is 1.44 bits per heavy atom. The first-order valence-corrected chi connectivity index (χ1v) is 5.42. The Kier molecular flexibility index (Phi) is 4.68. The second-order valence-electron chi connectivity index (χ2n) is 2.80. The molecule has 1 aromatic rings. The van der Waals surface area contributed by atoms with E-state index in [1.165, 1.54) is 13.2 Å². The smallest absolute Gasteiger partial charge is 0.355 e. The molecule has 16 heavy (non-hydrogen) atoms. The van der Waals surface area contributed by atoms with Gasteiger partial charge in [-0.1, -0.05) is 30.3 Å². The molecular formula is C10H10NO4S-. The average Bonchev–Trinajstić information content (AvgIpc) is 2.28. The van der Waals surface area contributed by atoms with Crippen LogP contribution in [0.1, 0.15) is 5.56 Å². The summed E-state index contributed by atoms with van der Waals surface area (Å²) in [4.78, 5) is 11.2. The van der Waals surface area contributed by atoms with Gasteiger partial charge >= 0.3 is 5.97 Å². The van der Waals surface area contributed by atoms with Crippen molar-refractivity contribution < 1.29 is 18.3 Å². The van der Waals surface area contributed by atoms with Gasteiger partial charge in [0, 0.05) is 11.3 Å². The van der Waals surface area contributed by atoms with E-state index in [0.29, 0.717) is 5.56 Å². The minimum Gasteiger partial charge on any atom is -0.755 e. The minimum atomic E-state index is -2.56. The molecule has 0 aromatic heterocycles. The van der Waals surface area contributed by atoms with Crippen molar-refractivity contribution in [2.75, 3.05) is 7.11 Å². The summed E-state index contributed by atoms with van der Waals surface area (Å²) in [7, 11) is 1.18. The minimum absolute atomic E-state index is 0.137. The first-order chi connectivity index (χ1) is 7.63. The van der Waals surface area contributed by atoms with Gasteiger partial charge in [-0.2, -0.15) is 0 Å². The number of rotatable bonds is 4. The molecule has 0 saturated heterocycles. The van der Waals surface area contributed by atoms with E-state index in [-0.39, 0.29) is 5.70 Å². The van der Waals surface area contributed by atoms with Crippen molar-refractivity contribution in [1.29, 1.82) is 0 Å². The van der Waals surface area contributed by atoms with Crippen molar-refractivity contribution in [3.05, 3.63) is 41.6 Å². The van der Waals surface area contributed by atoms with Gasteiger partial charge in [-0.3, -0.25) is 4.21 Å². The van der Waals surface area contributed by atoms with E-state index in [0.717, 1.165) is 0 Å². The Hall–Kier alpha value is -1.66. The SMILES string of the molecule is COC(=O)C(=Cc1ccccc1)NS(=O)[O-]. The zero-order chi connectivity index (χ0) is 12.0. The molecule has 1 aromatic carbocycles. The second-order valence-corrected chi connectivity index (χ2v) is 3.47. The van der Waals surface area contributed by atoms with Gasteiger partial charge < -0.3 is 14.0 Å². The molecule has 6 heteroatoms. The first kappa shape index (κ1) is 12.4. The van der Waals surface area contributed by atoms with Crippen LogP contribution in [-0.4, -0.2) is 21.8 Å². The van der Waals surface area contributed by atoms with E-state index in [1.54, 1.807) is 24.3 Å². The maximum absolute atomic E-state index is 11.2. The molecule has 0 aliphatic rings. The highest BCUT2D eigenvalue weighted by Gasteiger charge is 2.08. The molecule has 0 fully saturated rings. The second kappa shape index (κ2) is 6.04. The van der Waals surface area contributed by atoms with Crippen LogP contribution in [0.15, 0.2) is 36.0 Å². The predicted molar refractivity (Wildman–Crippen MR) is 58.5 cm³/mol. The van der Waals surface area contributed by atoms with E-state index in [2.05, 4.69) is 4.74 Å². The van der Waals surface area contributed by atoms with E-state index in [1.807, 2.05) is 10.8 Å². The van der Waals surface area contributed by atoms with Gasteiger partial charge in [-0.05, 0) is 11.6 Å². The molecule has 1 N–H and O–H groups in total. The lowest BCUT2D eigenvalue weighted by Gasteiger charge is -2.10. The lowest BCUT2D eigenvalue weighted by Crippen LogP contribution is -2.23. The summed E-state index contributed by atoms with van der Waals surface area (Å²) >= 11 is -2.56. The number of ether oxygens (including phenoxy) is 1. The Morgan fingerprint density at radius 2 is 2.06 bits per heavy atom. The molecule has 0 saturated carbocycles. The van der Waals surface area contributed by atoms with E-state index < -0.39 is 17.2 Å². The number of hydrogen-bond acceptors (Lipinski definition) is 4. The van der Waals surface area contributed by atoms with E-state index in [4.69, 9.17) is 0 Å². The predicted octanol–water partition coefficient (Wildman–Crippen LogP) is 0.584. The third kappa shape index (κ3) is 3.84. The van der Waals surface area contributed by atoms with Crippen LogP contribution in [0.2, 0.25) is 0 Å². The van der Waals surface area contributed by atoms with Gasteiger partial charge in [-0.15, -0.1) is 0 Å². The van der Waals surface area contributed by atoms with Crippen LogP contribution in [0.5, 0.6) is 0 Å². The summed E-state index contributed by atoms with van der Waals surface area (Å²) in [6, 6.07) is 8.83. The Bertz CT molecular complexity index is 416. The highest BCUT2D eigenvalue weighted by molar-refractivity contribution is 7.77. The number of carbonyl (C=O) groups is 1. The normalized spacial score (nSPS) is 13.0. The molecule has 0 bridgehead atoms. The zero-order valence-electron chi connectivity index (χ0n) is 8.51. The summed E-state index contributed by atoms with van der Waals surface area (Å²) in [6.45, 7) is 0. The van der Waals surface area contributed by atoms with Crippen LogP contribution in [-0.2, 0) is 20.8 Å². The first-order valence-electron chi connectivity index (χ1n) is 4.34. The lowest BCUT2D eigenvalue weighted by molar-refractivity contribution is -0.136. The third-order valence-electron chi connectivity index (χ3n) is 1.71. The van der Waals surface area contributed by atoms with Gasteiger partial charge in [0.2, 0.25) is 0 Å². The quantitative estimate of drug-likeness (QED) is 0.474. The number of methoxy groups -OCH3 is 1. The maximum atomic E-state index is 11.2. The highest BCUT2D eigenvalue weighted by Crippen LogP contribution is 2.06. The molecule has 1 unspecified atom stereocenters. The van der Waals surface area contributed by atoms with Gasteiger partial charge in [0.15, 0.2) is 0 Å². The summed E-state index contributed by atoms with van der Waals surface area (Å²) in [5.74, 6) is -0.743. The summed E-state index contributed by atoms with van der Waals surface area (Å²) in [6.07, 6.45) is 1.39.